The van der Waals surface area contributed by atoms with Crippen molar-refractivity contribution in [3.05, 3.63) is 23.4 Å². The molecule has 0 radical (unpaired) electrons. The van der Waals surface area contributed by atoms with Crippen LogP contribution in [0.15, 0.2) is 12.1 Å². The Morgan fingerprint density at radius 2 is 1.92 bits per heavy atom. The average Bonchev–Trinajstić information content (AvgIpc) is 2.88. The molecule has 0 unspecified atom stereocenters. The molecule has 0 spiro atoms. The van der Waals surface area contributed by atoms with Crippen LogP contribution in [-0.2, 0) is 0 Å². The molecule has 1 aromatic rings. The molecule has 3 rings (SSSR count). The zero-order valence-corrected chi connectivity index (χ0v) is 15.7. The van der Waals surface area contributed by atoms with Gasteiger partial charge in [0, 0.05) is 51.0 Å². The Bertz CT molecular complexity index is 599. The lowest BCUT2D eigenvalue weighted by Crippen LogP contribution is -2.52. The summed E-state index contributed by atoms with van der Waals surface area (Å²) in [6.45, 7) is 7.95. The van der Waals surface area contributed by atoms with Gasteiger partial charge in [0.2, 0.25) is 5.88 Å². The number of pyridine rings is 1. The minimum atomic E-state index is 0.0466. The number of nitrogens with zero attached hydrogens (tertiary/aromatic N) is 4. The summed E-state index contributed by atoms with van der Waals surface area (Å²) < 4.78 is 5.35. The Balaban J connectivity index is 1.73. The maximum absolute atomic E-state index is 13.1. The van der Waals surface area contributed by atoms with Gasteiger partial charge in [-0.2, -0.15) is 0 Å². The molecule has 1 atom stereocenters. The molecule has 0 aliphatic carbocycles. The first-order valence-corrected chi connectivity index (χ1v) is 9.32. The Morgan fingerprint density at radius 1 is 1.16 bits per heavy atom. The van der Waals surface area contributed by atoms with E-state index in [4.69, 9.17) is 4.74 Å². The number of hydrogen-bond donors (Lipinski definition) is 0. The number of rotatable bonds is 3. The van der Waals surface area contributed by atoms with E-state index in [1.54, 1.807) is 7.11 Å². The maximum Gasteiger partial charge on any atom is 0.259 e. The number of carbonyl (C=O) groups excluding carboxylic acids is 1. The minimum Gasteiger partial charge on any atom is -0.480 e. The molecule has 2 aliphatic heterocycles. The van der Waals surface area contributed by atoms with Crippen LogP contribution in [0.2, 0.25) is 0 Å². The lowest BCUT2D eigenvalue weighted by molar-refractivity contribution is 0.0628. The van der Waals surface area contributed by atoms with Gasteiger partial charge in [-0.25, -0.2) is 4.98 Å². The Morgan fingerprint density at radius 3 is 2.64 bits per heavy atom. The number of ether oxygens (including phenoxy) is 1. The molecule has 2 saturated heterocycles. The van der Waals surface area contributed by atoms with E-state index in [1.165, 1.54) is 12.8 Å². The van der Waals surface area contributed by atoms with E-state index >= 15 is 0 Å². The predicted molar refractivity (Wildman–Crippen MR) is 98.1 cm³/mol. The van der Waals surface area contributed by atoms with Crippen LogP contribution in [0, 0.1) is 6.92 Å². The number of amides is 1. The molecule has 138 valence electrons. The van der Waals surface area contributed by atoms with E-state index < -0.39 is 0 Å². The highest BCUT2D eigenvalue weighted by molar-refractivity contribution is 5.96. The summed E-state index contributed by atoms with van der Waals surface area (Å²) >= 11 is 0. The number of carbonyl (C=O) groups is 1. The average molecular weight is 346 g/mol. The van der Waals surface area contributed by atoms with Crippen LogP contribution < -0.4 is 4.74 Å². The predicted octanol–water partition coefficient (Wildman–Crippen LogP) is 1.64. The summed E-state index contributed by atoms with van der Waals surface area (Å²) in [6, 6.07) is 4.19. The topological polar surface area (TPSA) is 48.9 Å². The fourth-order valence-corrected chi connectivity index (χ4v) is 3.81. The molecule has 2 fully saturated rings. The number of likely N-dealkylation sites (N-methyl/N-ethyl adjacent to an activating group) is 1. The molecular formula is C19H30N4O2. The highest BCUT2D eigenvalue weighted by atomic mass is 16.5. The molecule has 2 aliphatic rings. The van der Waals surface area contributed by atoms with Crippen LogP contribution in [0.25, 0.3) is 0 Å². The Hall–Kier alpha value is -1.66. The molecule has 0 saturated carbocycles. The van der Waals surface area contributed by atoms with E-state index in [0.29, 0.717) is 17.5 Å². The van der Waals surface area contributed by atoms with E-state index in [2.05, 4.69) is 21.8 Å². The minimum absolute atomic E-state index is 0.0466. The number of likely N-dealkylation sites (tertiary alicyclic amines) is 1. The number of aromatic nitrogens is 1. The first kappa shape index (κ1) is 18.1. The second-order valence-corrected chi connectivity index (χ2v) is 7.25. The summed E-state index contributed by atoms with van der Waals surface area (Å²) in [6.07, 6.45) is 3.43. The van der Waals surface area contributed by atoms with E-state index in [0.717, 1.165) is 51.4 Å². The second-order valence-electron chi connectivity index (χ2n) is 7.25. The van der Waals surface area contributed by atoms with Crippen molar-refractivity contribution in [1.29, 1.82) is 0 Å². The fourth-order valence-electron chi connectivity index (χ4n) is 3.81. The van der Waals surface area contributed by atoms with Gasteiger partial charge in [0.1, 0.15) is 5.56 Å². The largest absolute Gasteiger partial charge is 0.480 e. The van der Waals surface area contributed by atoms with Gasteiger partial charge in [-0.15, -0.1) is 0 Å². The highest BCUT2D eigenvalue weighted by Gasteiger charge is 2.29. The van der Waals surface area contributed by atoms with Crippen LogP contribution in [0.4, 0.5) is 0 Å². The Kier molecular flexibility index (Phi) is 5.91. The zero-order chi connectivity index (χ0) is 17.8. The van der Waals surface area contributed by atoms with Crippen molar-refractivity contribution in [3.63, 3.8) is 0 Å². The van der Waals surface area contributed by atoms with Gasteiger partial charge < -0.3 is 14.5 Å². The maximum atomic E-state index is 13.1. The third-order valence-electron chi connectivity index (χ3n) is 5.41. The number of aryl methyl sites for hydroxylation is 1. The molecule has 1 amide bonds. The van der Waals surface area contributed by atoms with Crippen LogP contribution in [0.1, 0.15) is 35.3 Å². The van der Waals surface area contributed by atoms with Crippen molar-refractivity contribution >= 4 is 5.91 Å². The van der Waals surface area contributed by atoms with Gasteiger partial charge in [-0.3, -0.25) is 9.69 Å². The summed E-state index contributed by atoms with van der Waals surface area (Å²) in [4.78, 5) is 24.4. The molecule has 3 heterocycles. The van der Waals surface area contributed by atoms with Crippen molar-refractivity contribution < 1.29 is 9.53 Å². The van der Waals surface area contributed by atoms with E-state index in [-0.39, 0.29) is 5.91 Å². The molecule has 6 heteroatoms. The van der Waals surface area contributed by atoms with E-state index in [9.17, 15) is 4.79 Å². The summed E-state index contributed by atoms with van der Waals surface area (Å²) in [5.41, 5.74) is 1.44. The normalized spacial score (nSPS) is 23.3. The highest BCUT2D eigenvalue weighted by Crippen LogP contribution is 2.22. The standard InChI is InChI=1S/C19H30N4O2/c1-15-7-8-17(18(20-15)25-3)19(24)23-9-5-4-6-16(14-23)22-12-10-21(2)11-13-22/h7-8,16H,4-6,9-14H2,1-3H3/t16-/m0/s1. The van der Waals surface area contributed by atoms with Crippen molar-refractivity contribution in [2.45, 2.75) is 32.2 Å². The van der Waals surface area contributed by atoms with Gasteiger partial charge in [-0.1, -0.05) is 6.42 Å². The van der Waals surface area contributed by atoms with Crippen molar-refractivity contribution in [1.82, 2.24) is 19.7 Å². The quantitative estimate of drug-likeness (QED) is 0.833. The third-order valence-corrected chi connectivity index (χ3v) is 5.41. The number of methoxy groups -OCH3 is 1. The van der Waals surface area contributed by atoms with Gasteiger partial charge in [0.05, 0.1) is 7.11 Å². The van der Waals surface area contributed by atoms with Gasteiger partial charge in [-0.05, 0) is 38.9 Å². The number of piperazine rings is 1. The van der Waals surface area contributed by atoms with Gasteiger partial charge >= 0.3 is 0 Å². The van der Waals surface area contributed by atoms with Crippen LogP contribution in [-0.4, -0.2) is 85.1 Å². The van der Waals surface area contributed by atoms with Crippen molar-refractivity contribution in [2.75, 3.05) is 53.4 Å². The van der Waals surface area contributed by atoms with Gasteiger partial charge in [0.15, 0.2) is 0 Å². The van der Waals surface area contributed by atoms with Crippen LogP contribution in [0.3, 0.4) is 0 Å². The molecule has 0 N–H and O–H groups in total. The molecule has 6 nitrogen and oxygen atoms in total. The smallest absolute Gasteiger partial charge is 0.259 e. The SMILES string of the molecule is COc1nc(C)ccc1C(=O)N1CCCC[C@H](N2CCN(C)CC2)C1. The molecule has 1 aromatic heterocycles. The monoisotopic (exact) mass is 346 g/mol. The van der Waals surface area contributed by atoms with Crippen molar-refractivity contribution in [2.24, 2.45) is 0 Å². The van der Waals surface area contributed by atoms with Gasteiger partial charge in [0.25, 0.3) is 5.91 Å². The molecule has 25 heavy (non-hydrogen) atoms. The Labute approximate surface area is 150 Å². The molecule has 0 bridgehead atoms. The van der Waals surface area contributed by atoms with Crippen molar-refractivity contribution in [3.8, 4) is 5.88 Å². The molecular weight excluding hydrogens is 316 g/mol. The third kappa shape index (κ3) is 4.30. The first-order valence-electron chi connectivity index (χ1n) is 9.32. The summed E-state index contributed by atoms with van der Waals surface area (Å²) in [7, 11) is 3.75. The lowest BCUT2D eigenvalue weighted by Gasteiger charge is -2.39. The van der Waals surface area contributed by atoms with Crippen LogP contribution in [0.5, 0.6) is 5.88 Å². The lowest BCUT2D eigenvalue weighted by atomic mass is 10.1. The summed E-state index contributed by atoms with van der Waals surface area (Å²) in [5, 5.41) is 0. The zero-order valence-electron chi connectivity index (χ0n) is 15.7. The molecule has 0 aromatic carbocycles. The fraction of sp³-hybridized carbons (Fsp3) is 0.684. The summed E-state index contributed by atoms with van der Waals surface area (Å²) in [5.74, 6) is 0.482. The number of hydrogen-bond acceptors (Lipinski definition) is 5. The first-order chi connectivity index (χ1) is 12.1. The van der Waals surface area contributed by atoms with E-state index in [1.807, 2.05) is 24.0 Å². The van der Waals surface area contributed by atoms with Crippen LogP contribution >= 0.6 is 0 Å². The second kappa shape index (κ2) is 8.15.